The van der Waals surface area contributed by atoms with Gasteiger partial charge in [-0.1, -0.05) is 26.0 Å². The lowest BCUT2D eigenvalue weighted by Gasteiger charge is -2.32. The van der Waals surface area contributed by atoms with Gasteiger partial charge in [-0.2, -0.15) is 5.26 Å². The smallest absolute Gasteiger partial charge is 0.161 e. The van der Waals surface area contributed by atoms with Crippen LogP contribution in [-0.2, 0) is 11.8 Å². The number of aryl methyl sites for hydroxylation is 1. The van der Waals surface area contributed by atoms with Crippen molar-refractivity contribution in [3.63, 3.8) is 0 Å². The highest BCUT2D eigenvalue weighted by Gasteiger charge is 2.36. The molecule has 6 heteroatoms. The van der Waals surface area contributed by atoms with Crippen LogP contribution in [0.1, 0.15) is 51.4 Å². The van der Waals surface area contributed by atoms with Gasteiger partial charge in [0.1, 0.15) is 0 Å². The summed E-state index contributed by atoms with van der Waals surface area (Å²) in [6.07, 6.45) is -9.94. The SMILES string of the molecule is [2H]C([2H])(c1ccc(OC)c(OC)c1)C([2H])([2H])N(C)C([2H])([2H])C([2H])([2H])C([2H])([2H])C(C#N)(c1ccc(OC)c(OC)c1)C(C)C. The second kappa shape index (κ2) is 12.4. The molecule has 180 valence electrons. The van der Waals surface area contributed by atoms with Gasteiger partial charge < -0.3 is 23.8 Å². The minimum atomic E-state index is -3.62. The van der Waals surface area contributed by atoms with E-state index in [0.29, 0.717) is 0 Å². The van der Waals surface area contributed by atoms with E-state index >= 15 is 0 Å². The molecule has 0 radical (unpaired) electrons. The van der Waals surface area contributed by atoms with Crippen LogP contribution in [0.15, 0.2) is 36.4 Å². The standard InChI is InChI=1S/C27H38N2O4/c1-20(2)27(19-28,22-10-12-24(31-5)26(18-22)33-7)14-8-15-29(3)16-13-21-9-11-23(30-4)25(17-21)32-6/h9-12,17-18,20H,8,13-16H2,1-7H3/i8D2,13D2,14D2,15D2,16D2. The Morgan fingerprint density at radius 2 is 1.48 bits per heavy atom. The Hall–Kier alpha value is -2.91. The predicted octanol–water partition coefficient (Wildman–Crippen LogP) is 5.09. The summed E-state index contributed by atoms with van der Waals surface area (Å²) in [5.74, 6) is -0.200. The number of nitriles is 1. The van der Waals surface area contributed by atoms with E-state index in [4.69, 9.17) is 32.7 Å². The Labute approximate surface area is 213 Å². The molecule has 0 aliphatic rings. The van der Waals surface area contributed by atoms with E-state index in [1.165, 1.54) is 78.7 Å². The van der Waals surface area contributed by atoms with Gasteiger partial charge in [0.05, 0.1) is 39.9 Å². The van der Waals surface area contributed by atoms with Crippen molar-refractivity contribution >= 4 is 0 Å². The molecule has 2 aromatic rings. The molecule has 0 aliphatic heterocycles. The van der Waals surface area contributed by atoms with Gasteiger partial charge in [-0.05, 0) is 74.0 Å². The second-order valence-corrected chi connectivity index (χ2v) is 7.37. The molecular formula is C27H38N2O4. The molecule has 1 atom stereocenters. The number of likely N-dealkylation sites (N-methyl/N-ethyl adjacent to an activating group) is 1. The van der Waals surface area contributed by atoms with Gasteiger partial charge in [-0.15, -0.1) is 0 Å². The molecule has 0 heterocycles. The van der Waals surface area contributed by atoms with Crippen LogP contribution in [0.2, 0.25) is 0 Å². The Bertz CT molecular complexity index is 1350. The zero-order valence-electron chi connectivity index (χ0n) is 30.1. The fraction of sp³-hybridized carbons (Fsp3) is 0.519. The van der Waals surface area contributed by atoms with Crippen LogP contribution < -0.4 is 18.9 Å². The normalized spacial score (nSPS) is 19.5. The first-order valence-corrected chi connectivity index (χ1v) is 10.2. The molecule has 0 saturated carbocycles. The van der Waals surface area contributed by atoms with E-state index in [1.807, 2.05) is 6.07 Å². The van der Waals surface area contributed by atoms with Crippen molar-refractivity contribution in [3.8, 4) is 29.1 Å². The van der Waals surface area contributed by atoms with E-state index in [-0.39, 0.29) is 39.0 Å². The highest BCUT2D eigenvalue weighted by Crippen LogP contribution is 2.40. The lowest BCUT2D eigenvalue weighted by atomic mass is 9.69. The van der Waals surface area contributed by atoms with Crippen LogP contribution in [0.25, 0.3) is 0 Å². The molecule has 0 saturated heterocycles. The third-order valence-corrected chi connectivity index (χ3v) is 5.12. The number of rotatable bonds is 13. The predicted molar refractivity (Wildman–Crippen MR) is 132 cm³/mol. The molecule has 0 amide bonds. The molecule has 0 N–H and O–H groups in total. The van der Waals surface area contributed by atoms with E-state index in [9.17, 15) is 5.26 Å². The fourth-order valence-corrected chi connectivity index (χ4v) is 3.15. The van der Waals surface area contributed by atoms with Gasteiger partial charge in [0.25, 0.3) is 0 Å². The summed E-state index contributed by atoms with van der Waals surface area (Å²) >= 11 is 0. The van der Waals surface area contributed by atoms with Crippen molar-refractivity contribution in [1.82, 2.24) is 4.90 Å². The van der Waals surface area contributed by atoms with Crippen molar-refractivity contribution in [1.29, 1.82) is 5.26 Å². The van der Waals surface area contributed by atoms with Crippen LogP contribution in [0, 0.1) is 17.2 Å². The zero-order valence-corrected chi connectivity index (χ0v) is 20.1. The molecule has 2 rings (SSSR count). The maximum atomic E-state index is 10.5. The lowest BCUT2D eigenvalue weighted by molar-refractivity contribution is 0.292. The molecule has 33 heavy (non-hydrogen) atoms. The highest BCUT2D eigenvalue weighted by atomic mass is 16.5. The van der Waals surface area contributed by atoms with E-state index < -0.39 is 43.4 Å². The average molecular weight is 465 g/mol. The van der Waals surface area contributed by atoms with Gasteiger partial charge in [-0.25, -0.2) is 0 Å². The van der Waals surface area contributed by atoms with Crippen LogP contribution in [0.5, 0.6) is 23.0 Å². The maximum Gasteiger partial charge on any atom is 0.161 e. The summed E-state index contributed by atoms with van der Waals surface area (Å²) in [5, 5.41) is 10.5. The largest absolute Gasteiger partial charge is 0.493 e. The number of hydrogen-bond donors (Lipinski definition) is 0. The molecule has 0 aromatic heterocycles. The Kier molecular flexibility index (Phi) is 5.65. The van der Waals surface area contributed by atoms with Crippen molar-refractivity contribution in [3.05, 3.63) is 47.5 Å². The van der Waals surface area contributed by atoms with E-state index in [1.54, 1.807) is 0 Å². The summed E-state index contributed by atoms with van der Waals surface area (Å²) < 4.78 is 109. The Morgan fingerprint density at radius 1 is 0.909 bits per heavy atom. The minimum Gasteiger partial charge on any atom is -0.493 e. The Balaban J connectivity index is 2.75. The van der Waals surface area contributed by atoms with Crippen LogP contribution in [-0.4, -0.2) is 53.4 Å². The zero-order chi connectivity index (χ0) is 33.4. The minimum absolute atomic E-state index is 0.0151. The number of hydrogen-bond acceptors (Lipinski definition) is 6. The number of ether oxygens (including phenoxy) is 4. The molecule has 6 nitrogen and oxygen atoms in total. The van der Waals surface area contributed by atoms with Crippen LogP contribution in [0.3, 0.4) is 0 Å². The molecule has 0 bridgehead atoms. The third-order valence-electron chi connectivity index (χ3n) is 5.12. The summed E-state index contributed by atoms with van der Waals surface area (Å²) in [7, 11) is 6.22. The van der Waals surface area contributed by atoms with Gasteiger partial charge in [-0.3, -0.25) is 0 Å². The van der Waals surface area contributed by atoms with E-state index in [2.05, 4.69) is 0 Å². The van der Waals surface area contributed by atoms with Crippen molar-refractivity contribution in [2.75, 3.05) is 48.5 Å². The van der Waals surface area contributed by atoms with Gasteiger partial charge in [0, 0.05) is 20.2 Å². The first-order chi connectivity index (χ1) is 19.6. The van der Waals surface area contributed by atoms with Crippen molar-refractivity contribution < 1.29 is 32.7 Å². The second-order valence-electron chi connectivity index (χ2n) is 7.37. The van der Waals surface area contributed by atoms with Gasteiger partial charge in [0.2, 0.25) is 0 Å². The quantitative estimate of drug-likeness (QED) is 0.411. The van der Waals surface area contributed by atoms with Gasteiger partial charge in [0.15, 0.2) is 23.0 Å². The molecule has 2 aromatic carbocycles. The van der Waals surface area contributed by atoms with Gasteiger partial charge >= 0.3 is 0 Å². The first-order valence-electron chi connectivity index (χ1n) is 15.2. The number of nitrogens with zero attached hydrogens (tertiary/aromatic N) is 2. The summed E-state index contributed by atoms with van der Waals surface area (Å²) in [6, 6.07) is 9.78. The monoisotopic (exact) mass is 464 g/mol. The Morgan fingerprint density at radius 3 is 2.03 bits per heavy atom. The molecule has 0 aliphatic carbocycles. The maximum absolute atomic E-state index is 10.5. The van der Waals surface area contributed by atoms with Crippen LogP contribution in [0.4, 0.5) is 0 Å². The first kappa shape index (κ1) is 15.1. The van der Waals surface area contributed by atoms with Crippen molar-refractivity contribution in [2.24, 2.45) is 5.92 Å². The molecule has 1 unspecified atom stereocenters. The number of benzene rings is 2. The highest BCUT2D eigenvalue weighted by molar-refractivity contribution is 5.47. The van der Waals surface area contributed by atoms with E-state index in [0.717, 1.165) is 7.05 Å². The topological polar surface area (TPSA) is 64.0 Å². The average Bonchev–Trinajstić information content (AvgIpc) is 2.95. The fourth-order valence-electron chi connectivity index (χ4n) is 3.15. The summed E-state index contributed by atoms with van der Waals surface area (Å²) in [4.78, 5) is 0.186. The summed E-state index contributed by atoms with van der Waals surface area (Å²) in [5.41, 5.74) is -2.61. The molecule has 0 fully saturated rings. The number of methoxy groups -OCH3 is 4. The third kappa shape index (κ3) is 6.33. The molecule has 0 spiro atoms. The summed E-state index contributed by atoms with van der Waals surface area (Å²) in [6.45, 7) is -3.82. The van der Waals surface area contributed by atoms with Crippen LogP contribution >= 0.6 is 0 Å². The molecular weight excluding hydrogens is 416 g/mol. The lowest BCUT2D eigenvalue weighted by Crippen LogP contribution is -2.32. The van der Waals surface area contributed by atoms with Crippen molar-refractivity contribution in [2.45, 2.75) is 38.4 Å².